The number of carbonyl (C=O) groups excluding carboxylic acids is 1. The second-order valence-electron chi connectivity index (χ2n) is 3.31. The highest BCUT2D eigenvalue weighted by Gasteiger charge is 2.13. The Hall–Kier alpha value is -1.92. The fraction of sp³-hybridized carbons (Fsp3) is 0.0909. The van der Waals surface area contributed by atoms with E-state index in [4.69, 9.17) is 5.11 Å². The van der Waals surface area contributed by atoms with Crippen molar-refractivity contribution in [3.8, 4) is 5.88 Å². The first-order chi connectivity index (χ1) is 8.13. The smallest absolute Gasteiger partial charge is 0.312 e. The maximum atomic E-state index is 11.5. The number of aromatic hydroxyl groups is 1. The Labute approximate surface area is 100 Å². The van der Waals surface area contributed by atoms with Crippen molar-refractivity contribution in [1.82, 2.24) is 4.57 Å². The van der Waals surface area contributed by atoms with Gasteiger partial charge in [0.1, 0.15) is 6.73 Å². The highest BCUT2D eigenvalue weighted by molar-refractivity contribution is 7.10. The van der Waals surface area contributed by atoms with Crippen molar-refractivity contribution in [2.45, 2.75) is 6.73 Å². The number of ketones is 1. The lowest BCUT2D eigenvalue weighted by Crippen LogP contribution is -2.11. The van der Waals surface area contributed by atoms with Gasteiger partial charge in [0.15, 0.2) is 5.78 Å². The van der Waals surface area contributed by atoms with Gasteiger partial charge in [-0.15, -0.1) is 0 Å². The van der Waals surface area contributed by atoms with Crippen LogP contribution >= 0.6 is 11.3 Å². The molecule has 0 fully saturated rings. The molecule has 0 saturated carbocycles. The molecule has 1 aromatic heterocycles. The van der Waals surface area contributed by atoms with Crippen LogP contribution in [0.2, 0.25) is 0 Å². The molecule has 0 atom stereocenters. The first-order valence-corrected chi connectivity index (χ1v) is 5.59. The molecule has 5 nitrogen and oxygen atoms in total. The number of rotatable bonds is 2. The van der Waals surface area contributed by atoms with Gasteiger partial charge < -0.3 is 10.2 Å². The van der Waals surface area contributed by atoms with Crippen LogP contribution in [0.3, 0.4) is 0 Å². The van der Waals surface area contributed by atoms with Crippen LogP contribution in [0.25, 0.3) is 6.08 Å². The van der Waals surface area contributed by atoms with Gasteiger partial charge in [-0.2, -0.15) is 0 Å². The average molecular weight is 251 g/mol. The van der Waals surface area contributed by atoms with Crippen LogP contribution in [0.15, 0.2) is 34.7 Å². The third-order valence-corrected chi connectivity index (χ3v) is 3.16. The number of carbonyl (C=O) groups is 1. The molecule has 0 unspecified atom stereocenters. The Morgan fingerprint density at radius 1 is 1.29 bits per heavy atom. The summed E-state index contributed by atoms with van der Waals surface area (Å²) in [6.45, 7) is -0.589. The first kappa shape index (κ1) is 11.6. The lowest BCUT2D eigenvalue weighted by atomic mass is 10.1. The zero-order valence-electron chi connectivity index (χ0n) is 8.66. The van der Waals surface area contributed by atoms with Gasteiger partial charge in [-0.1, -0.05) is 29.6 Å². The van der Waals surface area contributed by atoms with E-state index in [1.54, 1.807) is 18.2 Å². The third kappa shape index (κ3) is 2.13. The molecule has 2 N–H and O–H groups in total. The number of hydrogen-bond acceptors (Lipinski definition) is 5. The Bertz CT molecular complexity index is 603. The van der Waals surface area contributed by atoms with Gasteiger partial charge in [0.2, 0.25) is 5.88 Å². The highest BCUT2D eigenvalue weighted by atomic mass is 32.1. The Kier molecular flexibility index (Phi) is 3.08. The largest absolute Gasteiger partial charge is 0.493 e. The van der Waals surface area contributed by atoms with Crippen molar-refractivity contribution in [3.63, 3.8) is 0 Å². The molecule has 1 heterocycles. The van der Waals surface area contributed by atoms with Crippen molar-refractivity contribution < 1.29 is 15.0 Å². The highest BCUT2D eigenvalue weighted by Crippen LogP contribution is 2.24. The molecule has 1 aromatic rings. The van der Waals surface area contributed by atoms with E-state index in [1.165, 1.54) is 12.2 Å². The van der Waals surface area contributed by atoms with Crippen molar-refractivity contribution >= 4 is 23.2 Å². The van der Waals surface area contributed by atoms with Gasteiger partial charge in [0.05, 0.1) is 4.88 Å². The lowest BCUT2D eigenvalue weighted by molar-refractivity contribution is -0.111. The Morgan fingerprint density at radius 3 is 2.59 bits per heavy atom. The number of aliphatic hydroxyl groups is 1. The van der Waals surface area contributed by atoms with Crippen LogP contribution in [0.4, 0.5) is 0 Å². The van der Waals surface area contributed by atoms with Crippen molar-refractivity contribution in [1.29, 1.82) is 0 Å². The SMILES string of the molecule is O=C1C=CC=CC1=Cc1sc(=O)n(CO)c1O. The Morgan fingerprint density at radius 2 is 2.00 bits per heavy atom. The minimum atomic E-state index is -0.589. The summed E-state index contributed by atoms with van der Waals surface area (Å²) >= 11 is 0.772. The van der Waals surface area contributed by atoms with E-state index in [1.807, 2.05) is 0 Å². The molecule has 17 heavy (non-hydrogen) atoms. The summed E-state index contributed by atoms with van der Waals surface area (Å²) in [6.07, 6.45) is 7.72. The summed E-state index contributed by atoms with van der Waals surface area (Å²) in [5, 5.41) is 18.5. The van der Waals surface area contributed by atoms with Crippen LogP contribution in [-0.2, 0) is 11.5 Å². The molecule has 1 aliphatic carbocycles. The monoisotopic (exact) mass is 251 g/mol. The van der Waals surface area contributed by atoms with E-state index < -0.39 is 11.6 Å². The minimum absolute atomic E-state index is 0.191. The number of nitrogens with zero attached hydrogens (tertiary/aromatic N) is 1. The molecular formula is C11H9NO4S. The average Bonchev–Trinajstić information content (AvgIpc) is 2.57. The summed E-state index contributed by atoms with van der Waals surface area (Å²) in [5.41, 5.74) is 0.383. The van der Waals surface area contributed by atoms with Crippen LogP contribution < -0.4 is 4.87 Å². The molecule has 0 spiro atoms. The normalized spacial score (nSPS) is 17.0. The molecular weight excluding hydrogens is 242 g/mol. The van der Waals surface area contributed by atoms with Crippen LogP contribution in [0.1, 0.15) is 4.88 Å². The van der Waals surface area contributed by atoms with E-state index in [0.717, 1.165) is 15.9 Å². The van der Waals surface area contributed by atoms with Crippen LogP contribution in [-0.4, -0.2) is 20.6 Å². The van der Waals surface area contributed by atoms with Crippen molar-refractivity contribution in [3.05, 3.63) is 44.4 Å². The summed E-state index contributed by atoms with van der Waals surface area (Å²) in [5.74, 6) is -0.519. The van der Waals surface area contributed by atoms with Gasteiger partial charge in [0, 0.05) is 5.57 Å². The number of thiazole rings is 1. The standard InChI is InChI=1S/C11H9NO4S/c13-6-12-10(15)9(17-11(12)16)5-7-3-1-2-4-8(7)14/h1-5,13,15H,6H2. The number of hydrogen-bond donors (Lipinski definition) is 2. The lowest BCUT2D eigenvalue weighted by Gasteiger charge is -2.00. The number of allylic oxidation sites excluding steroid dienone is 5. The maximum Gasteiger partial charge on any atom is 0.312 e. The zero-order valence-corrected chi connectivity index (χ0v) is 9.48. The van der Waals surface area contributed by atoms with Crippen molar-refractivity contribution in [2.24, 2.45) is 0 Å². The van der Waals surface area contributed by atoms with Gasteiger partial charge in [-0.3, -0.25) is 9.59 Å². The predicted octanol–water partition coefficient (Wildman–Crippen LogP) is 0.644. The van der Waals surface area contributed by atoms with Gasteiger partial charge >= 0.3 is 4.87 Å². The molecule has 6 heteroatoms. The summed E-state index contributed by atoms with van der Waals surface area (Å²) in [4.78, 5) is 22.6. The number of aliphatic hydroxyl groups excluding tert-OH is 1. The topological polar surface area (TPSA) is 79.5 Å². The fourth-order valence-electron chi connectivity index (χ4n) is 1.37. The molecule has 2 rings (SSSR count). The molecule has 0 saturated heterocycles. The second-order valence-corrected chi connectivity index (χ2v) is 4.30. The fourth-order valence-corrected chi connectivity index (χ4v) is 2.20. The van der Waals surface area contributed by atoms with E-state index in [-0.39, 0.29) is 16.5 Å². The van der Waals surface area contributed by atoms with Crippen LogP contribution in [0, 0.1) is 0 Å². The molecule has 0 radical (unpaired) electrons. The third-order valence-electron chi connectivity index (χ3n) is 2.24. The van der Waals surface area contributed by atoms with Crippen LogP contribution in [0.5, 0.6) is 5.88 Å². The molecule has 1 aliphatic rings. The van der Waals surface area contributed by atoms with E-state index in [0.29, 0.717) is 5.57 Å². The zero-order chi connectivity index (χ0) is 12.4. The van der Waals surface area contributed by atoms with E-state index in [9.17, 15) is 14.7 Å². The quantitative estimate of drug-likeness (QED) is 0.756. The maximum absolute atomic E-state index is 11.5. The molecule has 0 aliphatic heterocycles. The van der Waals surface area contributed by atoms with Gasteiger partial charge in [-0.25, -0.2) is 4.57 Å². The van der Waals surface area contributed by atoms with Gasteiger partial charge in [0.25, 0.3) is 0 Å². The van der Waals surface area contributed by atoms with E-state index in [2.05, 4.69) is 0 Å². The van der Waals surface area contributed by atoms with Crippen molar-refractivity contribution in [2.75, 3.05) is 0 Å². The van der Waals surface area contributed by atoms with Gasteiger partial charge in [-0.05, 0) is 12.2 Å². The second kappa shape index (κ2) is 4.52. The summed E-state index contributed by atoms with van der Waals surface area (Å²) in [6, 6.07) is 0. The minimum Gasteiger partial charge on any atom is -0.493 e. The molecule has 0 bridgehead atoms. The molecule has 0 amide bonds. The van der Waals surface area contributed by atoms with E-state index >= 15 is 0 Å². The predicted molar refractivity (Wildman–Crippen MR) is 63.7 cm³/mol. The summed E-state index contributed by atoms with van der Waals surface area (Å²) < 4.78 is 0.823. The Balaban J connectivity index is 2.46. The first-order valence-electron chi connectivity index (χ1n) is 4.77. The molecule has 88 valence electrons. The molecule has 0 aromatic carbocycles. The summed E-state index contributed by atoms with van der Waals surface area (Å²) in [7, 11) is 0. The number of aromatic nitrogens is 1.